The molecule has 2 fully saturated rings. The Morgan fingerprint density at radius 3 is 2.25 bits per heavy atom. The first-order valence-corrected chi connectivity index (χ1v) is 9.81. The van der Waals surface area contributed by atoms with E-state index in [0.717, 1.165) is 18.8 Å². The standard InChI is InChI=1S/C19H34O5/c1-2-3-4-5-6-7-8-15-9-11-16(12-10-15)18-22-13-17(14-23-18)24-19(20)21/h15-18H,2-14H2,1H3,(H,20,21). The quantitative estimate of drug-likeness (QED) is 0.473. The smallest absolute Gasteiger partial charge is 0.450 e. The number of carboxylic acid groups (broad SMARTS) is 1. The normalized spacial score (nSPS) is 30.9. The van der Waals surface area contributed by atoms with Gasteiger partial charge in [-0.3, -0.25) is 0 Å². The summed E-state index contributed by atoms with van der Waals surface area (Å²) in [4.78, 5) is 10.5. The molecule has 0 amide bonds. The van der Waals surface area contributed by atoms with E-state index in [-0.39, 0.29) is 6.29 Å². The predicted molar refractivity (Wildman–Crippen MR) is 92.0 cm³/mol. The Morgan fingerprint density at radius 2 is 1.62 bits per heavy atom. The van der Waals surface area contributed by atoms with Crippen LogP contribution >= 0.6 is 0 Å². The van der Waals surface area contributed by atoms with Crippen molar-refractivity contribution >= 4 is 6.16 Å². The fourth-order valence-corrected chi connectivity index (χ4v) is 3.95. The minimum Gasteiger partial charge on any atom is -0.450 e. The van der Waals surface area contributed by atoms with Crippen molar-refractivity contribution in [2.45, 2.75) is 89.9 Å². The maximum absolute atomic E-state index is 10.5. The lowest BCUT2D eigenvalue weighted by Gasteiger charge is -2.37. The average molecular weight is 342 g/mol. The summed E-state index contributed by atoms with van der Waals surface area (Å²) in [7, 11) is 0. The van der Waals surface area contributed by atoms with E-state index in [2.05, 4.69) is 11.7 Å². The molecule has 2 aliphatic rings. The van der Waals surface area contributed by atoms with Gasteiger partial charge in [0.25, 0.3) is 0 Å². The molecule has 0 spiro atoms. The van der Waals surface area contributed by atoms with Crippen LogP contribution in [0, 0.1) is 11.8 Å². The monoisotopic (exact) mass is 342 g/mol. The SMILES string of the molecule is CCCCCCCCC1CCC(C2OCC(OC(=O)O)CO2)CC1. The number of hydrogen-bond acceptors (Lipinski definition) is 4. The van der Waals surface area contributed by atoms with Crippen molar-refractivity contribution in [2.75, 3.05) is 13.2 Å². The molecule has 1 saturated carbocycles. The molecular weight excluding hydrogens is 308 g/mol. The molecule has 1 N–H and O–H groups in total. The summed E-state index contributed by atoms with van der Waals surface area (Å²) in [5.41, 5.74) is 0. The highest BCUT2D eigenvalue weighted by molar-refractivity contribution is 5.57. The van der Waals surface area contributed by atoms with E-state index < -0.39 is 12.3 Å². The summed E-state index contributed by atoms with van der Waals surface area (Å²) in [5.74, 6) is 1.33. The lowest BCUT2D eigenvalue weighted by Crippen LogP contribution is -2.42. The van der Waals surface area contributed by atoms with E-state index in [4.69, 9.17) is 14.6 Å². The van der Waals surface area contributed by atoms with Crippen molar-refractivity contribution in [1.82, 2.24) is 0 Å². The van der Waals surface area contributed by atoms with E-state index in [1.807, 2.05) is 0 Å². The lowest BCUT2D eigenvalue weighted by atomic mass is 9.79. The molecule has 1 aliphatic heterocycles. The van der Waals surface area contributed by atoms with E-state index >= 15 is 0 Å². The Hall–Kier alpha value is -0.810. The number of ether oxygens (including phenoxy) is 3. The van der Waals surface area contributed by atoms with Crippen molar-refractivity contribution in [1.29, 1.82) is 0 Å². The molecule has 0 radical (unpaired) electrons. The van der Waals surface area contributed by atoms with Crippen LogP contribution in [0.25, 0.3) is 0 Å². The van der Waals surface area contributed by atoms with Crippen LogP contribution in [0.5, 0.6) is 0 Å². The minimum absolute atomic E-state index is 0.173. The van der Waals surface area contributed by atoms with Crippen LogP contribution in [0.15, 0.2) is 0 Å². The van der Waals surface area contributed by atoms with Gasteiger partial charge in [0.2, 0.25) is 0 Å². The highest BCUT2D eigenvalue weighted by atomic mass is 16.7. The van der Waals surface area contributed by atoms with Gasteiger partial charge in [-0.15, -0.1) is 0 Å². The van der Waals surface area contributed by atoms with Gasteiger partial charge in [0.1, 0.15) is 0 Å². The van der Waals surface area contributed by atoms with Gasteiger partial charge in [-0.1, -0.05) is 51.9 Å². The maximum Gasteiger partial charge on any atom is 0.506 e. The van der Waals surface area contributed by atoms with Crippen molar-refractivity contribution in [2.24, 2.45) is 11.8 Å². The van der Waals surface area contributed by atoms with Crippen molar-refractivity contribution in [3.8, 4) is 0 Å². The third-order valence-corrected chi connectivity index (χ3v) is 5.40. The molecule has 140 valence electrons. The molecule has 2 rings (SSSR count). The molecule has 0 aromatic rings. The molecule has 0 unspecified atom stereocenters. The summed E-state index contributed by atoms with van der Waals surface area (Å²) in [6, 6.07) is 0. The molecule has 1 heterocycles. The van der Waals surface area contributed by atoms with Crippen LogP contribution in [0.2, 0.25) is 0 Å². The zero-order valence-corrected chi connectivity index (χ0v) is 15.1. The molecule has 0 atom stereocenters. The lowest BCUT2D eigenvalue weighted by molar-refractivity contribution is -0.243. The van der Waals surface area contributed by atoms with Gasteiger partial charge in [-0.2, -0.15) is 0 Å². The van der Waals surface area contributed by atoms with Gasteiger partial charge in [-0.25, -0.2) is 4.79 Å². The molecule has 1 aliphatic carbocycles. The van der Waals surface area contributed by atoms with Crippen molar-refractivity contribution in [3.63, 3.8) is 0 Å². The highest BCUT2D eigenvalue weighted by Crippen LogP contribution is 2.35. The molecule has 1 saturated heterocycles. The Balaban J connectivity index is 1.54. The molecule has 0 aromatic heterocycles. The first-order valence-electron chi connectivity index (χ1n) is 9.81. The van der Waals surface area contributed by atoms with Gasteiger partial charge < -0.3 is 19.3 Å². The zero-order valence-electron chi connectivity index (χ0n) is 15.1. The second-order valence-electron chi connectivity index (χ2n) is 7.38. The van der Waals surface area contributed by atoms with Crippen LogP contribution in [0.1, 0.15) is 77.6 Å². The third kappa shape index (κ3) is 6.98. The summed E-state index contributed by atoms with van der Waals surface area (Å²) in [6.07, 6.45) is 12.6. The Bertz CT molecular complexity index is 344. The molecule has 0 bridgehead atoms. The number of hydrogen-bond donors (Lipinski definition) is 1. The van der Waals surface area contributed by atoms with Gasteiger partial charge in [0, 0.05) is 5.92 Å². The summed E-state index contributed by atoms with van der Waals surface area (Å²) in [6.45, 7) is 2.89. The van der Waals surface area contributed by atoms with E-state index in [1.165, 1.54) is 57.8 Å². The Morgan fingerprint density at radius 1 is 1.00 bits per heavy atom. The summed E-state index contributed by atoms with van der Waals surface area (Å²) < 4.78 is 16.1. The van der Waals surface area contributed by atoms with E-state index in [0.29, 0.717) is 19.1 Å². The topological polar surface area (TPSA) is 65.0 Å². The number of carbonyl (C=O) groups is 1. The van der Waals surface area contributed by atoms with Gasteiger partial charge >= 0.3 is 6.16 Å². The largest absolute Gasteiger partial charge is 0.506 e. The first kappa shape index (κ1) is 19.5. The fraction of sp³-hybridized carbons (Fsp3) is 0.947. The van der Waals surface area contributed by atoms with Crippen LogP contribution in [-0.4, -0.2) is 36.9 Å². The second-order valence-corrected chi connectivity index (χ2v) is 7.38. The highest BCUT2D eigenvalue weighted by Gasteiger charge is 2.33. The van der Waals surface area contributed by atoms with Crippen molar-refractivity contribution < 1.29 is 24.1 Å². The molecular formula is C19H34O5. The van der Waals surface area contributed by atoms with E-state index in [9.17, 15) is 4.79 Å². The zero-order chi connectivity index (χ0) is 17.2. The number of rotatable bonds is 9. The molecule has 5 nitrogen and oxygen atoms in total. The third-order valence-electron chi connectivity index (χ3n) is 5.40. The first-order chi connectivity index (χ1) is 11.7. The van der Waals surface area contributed by atoms with Gasteiger partial charge in [0.15, 0.2) is 12.4 Å². The number of unbranched alkanes of at least 4 members (excludes halogenated alkanes) is 5. The maximum atomic E-state index is 10.5. The van der Waals surface area contributed by atoms with Crippen LogP contribution < -0.4 is 0 Å². The Labute approximate surface area is 146 Å². The summed E-state index contributed by atoms with van der Waals surface area (Å²) in [5, 5.41) is 8.61. The average Bonchev–Trinajstić information content (AvgIpc) is 2.59. The molecule has 24 heavy (non-hydrogen) atoms. The van der Waals surface area contributed by atoms with Crippen molar-refractivity contribution in [3.05, 3.63) is 0 Å². The van der Waals surface area contributed by atoms with Gasteiger partial charge in [0.05, 0.1) is 13.2 Å². The fourth-order valence-electron chi connectivity index (χ4n) is 3.95. The second kappa shape index (κ2) is 10.9. The minimum atomic E-state index is -1.26. The van der Waals surface area contributed by atoms with Crippen LogP contribution in [0.3, 0.4) is 0 Å². The predicted octanol–water partition coefficient (Wildman–Crippen LogP) is 4.98. The van der Waals surface area contributed by atoms with Gasteiger partial charge in [-0.05, 0) is 31.6 Å². The molecule has 5 heteroatoms. The van der Waals surface area contributed by atoms with Crippen LogP contribution in [0.4, 0.5) is 4.79 Å². The van der Waals surface area contributed by atoms with E-state index in [1.54, 1.807) is 0 Å². The van der Waals surface area contributed by atoms with Crippen LogP contribution in [-0.2, 0) is 14.2 Å². The summed E-state index contributed by atoms with van der Waals surface area (Å²) >= 11 is 0. The Kier molecular flexibility index (Phi) is 8.89. The molecule has 0 aromatic carbocycles.